The van der Waals surface area contributed by atoms with Crippen LogP contribution in [0.3, 0.4) is 0 Å². The van der Waals surface area contributed by atoms with Crippen molar-refractivity contribution in [3.05, 3.63) is 81.2 Å². The molecule has 1 aliphatic heterocycles. The topological polar surface area (TPSA) is 93.7 Å². The van der Waals surface area contributed by atoms with Crippen molar-refractivity contribution in [3.63, 3.8) is 0 Å². The first kappa shape index (κ1) is 27.2. The van der Waals surface area contributed by atoms with Gasteiger partial charge < -0.3 is 15.2 Å². The van der Waals surface area contributed by atoms with Gasteiger partial charge in [0.05, 0.1) is 35.9 Å². The summed E-state index contributed by atoms with van der Waals surface area (Å²) in [7, 11) is 0. The molecule has 3 heterocycles. The van der Waals surface area contributed by atoms with Gasteiger partial charge >= 0.3 is 0 Å². The number of para-hydroxylation sites is 1. The van der Waals surface area contributed by atoms with E-state index in [0.29, 0.717) is 18.0 Å². The van der Waals surface area contributed by atoms with Gasteiger partial charge in [0.2, 0.25) is 0 Å². The molecule has 2 aromatic carbocycles. The first-order valence-corrected chi connectivity index (χ1v) is 14.2. The predicted octanol–water partition coefficient (Wildman–Crippen LogP) is 4.48. The number of nitrogens with zero attached hydrogens (tertiary/aromatic N) is 3. The van der Waals surface area contributed by atoms with Crippen LogP contribution in [0, 0.1) is 6.92 Å². The van der Waals surface area contributed by atoms with E-state index in [1.807, 2.05) is 66.9 Å². The molecular formula is C30H35N5O3S. The van der Waals surface area contributed by atoms with Gasteiger partial charge in [-0.05, 0) is 53.3 Å². The highest BCUT2D eigenvalue weighted by Crippen LogP contribution is 2.25. The van der Waals surface area contributed by atoms with Gasteiger partial charge in [-0.3, -0.25) is 19.7 Å². The third kappa shape index (κ3) is 7.00. The molecule has 0 atom stereocenters. The minimum atomic E-state index is -0.112. The summed E-state index contributed by atoms with van der Waals surface area (Å²) in [5.74, 6) is -0.112. The highest BCUT2D eigenvalue weighted by Gasteiger charge is 2.16. The maximum absolute atomic E-state index is 13.2. The van der Waals surface area contributed by atoms with Crippen LogP contribution in [-0.2, 0) is 11.3 Å². The number of hydrogen-bond donors (Lipinski definition) is 3. The SMILES string of the molecule is Cc1ccsc1C(=O)Nc1cc(CN(CCO)CCN2CCOCC2)ccc1/C=C/c1n[nH]c2ccccc12. The van der Waals surface area contributed by atoms with Crippen molar-refractivity contribution in [2.24, 2.45) is 0 Å². The largest absolute Gasteiger partial charge is 0.395 e. The number of carbonyl (C=O) groups is 1. The summed E-state index contributed by atoms with van der Waals surface area (Å²) in [6, 6.07) is 16.1. The zero-order valence-corrected chi connectivity index (χ0v) is 23.0. The van der Waals surface area contributed by atoms with Crippen molar-refractivity contribution >= 4 is 46.0 Å². The van der Waals surface area contributed by atoms with Crippen molar-refractivity contribution in [2.75, 3.05) is 57.9 Å². The third-order valence-electron chi connectivity index (χ3n) is 7.01. The molecule has 0 bridgehead atoms. The number of anilines is 1. The Morgan fingerprint density at radius 2 is 2.03 bits per heavy atom. The lowest BCUT2D eigenvalue weighted by Crippen LogP contribution is -2.41. The van der Waals surface area contributed by atoms with E-state index in [4.69, 9.17) is 4.74 Å². The molecular weight excluding hydrogens is 510 g/mol. The highest BCUT2D eigenvalue weighted by atomic mass is 32.1. The van der Waals surface area contributed by atoms with E-state index in [9.17, 15) is 9.90 Å². The molecule has 5 rings (SSSR count). The number of hydrogen-bond acceptors (Lipinski definition) is 7. The molecule has 2 aromatic heterocycles. The molecule has 4 aromatic rings. The van der Waals surface area contributed by atoms with Crippen LogP contribution in [-0.4, -0.2) is 83.6 Å². The number of aliphatic hydroxyl groups excluding tert-OH is 1. The lowest BCUT2D eigenvalue weighted by molar-refractivity contribution is 0.0320. The number of H-pyrrole nitrogens is 1. The van der Waals surface area contributed by atoms with E-state index in [1.54, 1.807) is 0 Å². The summed E-state index contributed by atoms with van der Waals surface area (Å²) in [5.41, 5.74) is 5.51. The number of aromatic amines is 1. The molecule has 9 heteroatoms. The van der Waals surface area contributed by atoms with E-state index < -0.39 is 0 Å². The number of ether oxygens (including phenoxy) is 1. The Morgan fingerprint density at radius 1 is 1.18 bits per heavy atom. The van der Waals surface area contributed by atoms with Crippen LogP contribution >= 0.6 is 11.3 Å². The molecule has 0 spiro atoms. The first-order chi connectivity index (χ1) is 19.1. The number of fused-ring (bicyclic) bond motifs is 1. The Morgan fingerprint density at radius 3 is 2.82 bits per heavy atom. The number of benzene rings is 2. The van der Waals surface area contributed by atoms with Gasteiger partial charge in [-0.15, -0.1) is 11.3 Å². The molecule has 0 unspecified atom stereocenters. The van der Waals surface area contributed by atoms with Crippen LogP contribution in [0.25, 0.3) is 23.1 Å². The fourth-order valence-electron chi connectivity index (χ4n) is 4.80. The summed E-state index contributed by atoms with van der Waals surface area (Å²) in [5, 5.41) is 23.3. The molecule has 8 nitrogen and oxygen atoms in total. The smallest absolute Gasteiger partial charge is 0.266 e. The molecule has 1 amide bonds. The summed E-state index contributed by atoms with van der Waals surface area (Å²) < 4.78 is 5.46. The number of aromatic nitrogens is 2. The van der Waals surface area contributed by atoms with Gasteiger partial charge in [0.1, 0.15) is 0 Å². The molecule has 3 N–H and O–H groups in total. The number of morpholine rings is 1. The van der Waals surface area contributed by atoms with Gasteiger partial charge in [-0.25, -0.2) is 0 Å². The summed E-state index contributed by atoms with van der Waals surface area (Å²) in [4.78, 5) is 18.5. The monoisotopic (exact) mass is 545 g/mol. The number of amides is 1. The van der Waals surface area contributed by atoms with Crippen molar-refractivity contribution in [3.8, 4) is 0 Å². The molecule has 0 saturated carbocycles. The van der Waals surface area contributed by atoms with Gasteiger partial charge in [0.15, 0.2) is 0 Å². The predicted molar refractivity (Wildman–Crippen MR) is 158 cm³/mol. The third-order valence-corrected chi connectivity index (χ3v) is 8.03. The second kappa shape index (κ2) is 13.1. The Balaban J connectivity index is 1.37. The van der Waals surface area contributed by atoms with Crippen LogP contribution in [0.2, 0.25) is 0 Å². The van der Waals surface area contributed by atoms with Gasteiger partial charge in [-0.2, -0.15) is 5.10 Å². The van der Waals surface area contributed by atoms with E-state index in [1.165, 1.54) is 11.3 Å². The lowest BCUT2D eigenvalue weighted by atomic mass is 10.1. The summed E-state index contributed by atoms with van der Waals surface area (Å²) >= 11 is 1.44. The van der Waals surface area contributed by atoms with E-state index >= 15 is 0 Å². The molecule has 0 aliphatic carbocycles. The fraction of sp³-hybridized carbons (Fsp3) is 0.333. The Kier molecular flexibility index (Phi) is 9.18. The highest BCUT2D eigenvalue weighted by molar-refractivity contribution is 7.12. The summed E-state index contributed by atoms with van der Waals surface area (Å²) in [6.45, 7) is 8.54. The average molecular weight is 546 g/mol. The normalized spacial score (nSPS) is 14.5. The Labute approximate surface area is 232 Å². The quantitative estimate of drug-likeness (QED) is 0.257. The van der Waals surface area contributed by atoms with Crippen LogP contribution in [0.15, 0.2) is 53.9 Å². The number of aliphatic hydroxyl groups is 1. The van der Waals surface area contributed by atoms with Crippen molar-refractivity contribution < 1.29 is 14.6 Å². The molecule has 1 fully saturated rings. The molecule has 1 aliphatic rings. The van der Waals surface area contributed by atoms with E-state index in [0.717, 1.165) is 78.4 Å². The Bertz CT molecular complexity index is 1420. The Hall–Kier alpha value is -3.34. The van der Waals surface area contributed by atoms with Gasteiger partial charge in [0.25, 0.3) is 5.91 Å². The second-order valence-corrected chi connectivity index (χ2v) is 10.7. The van der Waals surface area contributed by atoms with Crippen molar-refractivity contribution in [1.82, 2.24) is 20.0 Å². The first-order valence-electron chi connectivity index (χ1n) is 13.3. The minimum Gasteiger partial charge on any atom is -0.395 e. The lowest BCUT2D eigenvalue weighted by Gasteiger charge is -2.30. The summed E-state index contributed by atoms with van der Waals surface area (Å²) in [6.07, 6.45) is 3.97. The van der Waals surface area contributed by atoms with Crippen LogP contribution in [0.4, 0.5) is 5.69 Å². The second-order valence-electron chi connectivity index (χ2n) is 9.75. The molecule has 204 valence electrons. The van der Waals surface area contributed by atoms with Crippen molar-refractivity contribution in [2.45, 2.75) is 13.5 Å². The zero-order valence-electron chi connectivity index (χ0n) is 22.2. The van der Waals surface area contributed by atoms with Crippen LogP contribution in [0.5, 0.6) is 0 Å². The molecule has 1 saturated heterocycles. The number of aryl methyl sites for hydroxylation is 1. The van der Waals surface area contributed by atoms with Crippen molar-refractivity contribution in [1.29, 1.82) is 0 Å². The minimum absolute atomic E-state index is 0.100. The number of thiophene rings is 1. The van der Waals surface area contributed by atoms with Gasteiger partial charge in [0, 0.05) is 50.3 Å². The number of rotatable bonds is 11. The maximum atomic E-state index is 13.2. The number of nitrogens with one attached hydrogen (secondary N) is 2. The van der Waals surface area contributed by atoms with Crippen LogP contribution in [0.1, 0.15) is 32.1 Å². The number of carbonyl (C=O) groups excluding carboxylic acids is 1. The molecule has 0 radical (unpaired) electrons. The maximum Gasteiger partial charge on any atom is 0.266 e. The van der Waals surface area contributed by atoms with Gasteiger partial charge in [-0.1, -0.05) is 36.4 Å². The van der Waals surface area contributed by atoms with E-state index in [2.05, 4.69) is 31.4 Å². The standard InChI is InChI=1S/C30H35N5O3S/c1-22-10-19-39-29(22)30(37)31-28-20-23(21-35(13-16-36)12-11-34-14-17-38-18-15-34)6-7-24(28)8-9-27-25-4-2-3-5-26(25)32-33-27/h2-10,19-20,36H,11-18,21H2,1H3,(H,31,37)(H,32,33)/b9-8+. The average Bonchev–Trinajstić information content (AvgIpc) is 3.58. The molecule has 39 heavy (non-hydrogen) atoms. The zero-order chi connectivity index (χ0) is 27.0. The fourth-order valence-corrected chi connectivity index (χ4v) is 5.62. The van der Waals surface area contributed by atoms with E-state index in [-0.39, 0.29) is 12.5 Å². The van der Waals surface area contributed by atoms with Crippen LogP contribution < -0.4 is 5.32 Å².